The SMILES string of the molecule is CC/C=C\C/C=C\C/C=C\C/C=C\C/C=C\CCCCCC(=O)OCC(COP(=O)(O)OCC(CO)OC(=O)CCCCC/C=C\C/C=C\C/C=C\CC)OC(=O)CCC/C=C\C/C=C\C/C=C\C/C=C\C/C=C\CC. The quantitative estimate of drug-likeness (QED) is 0.0197. The van der Waals surface area contributed by atoms with Crippen molar-refractivity contribution in [3.8, 4) is 0 Å². The van der Waals surface area contributed by atoms with Gasteiger partial charge in [0.15, 0.2) is 6.10 Å². The fourth-order valence-corrected chi connectivity index (χ4v) is 7.51. The number of phosphoric ester groups is 1. The van der Waals surface area contributed by atoms with Crippen LogP contribution in [0.15, 0.2) is 158 Å². The molecule has 0 heterocycles. The molecule has 0 aliphatic heterocycles. The van der Waals surface area contributed by atoms with E-state index in [1.807, 2.05) is 12.2 Å². The van der Waals surface area contributed by atoms with Crippen molar-refractivity contribution in [2.75, 3.05) is 26.4 Å². The number of rotatable bonds is 50. The van der Waals surface area contributed by atoms with Crippen LogP contribution in [-0.4, -0.2) is 66.5 Å². The molecule has 3 unspecified atom stereocenters. The van der Waals surface area contributed by atoms with Crippen LogP contribution in [0.1, 0.15) is 188 Å². The predicted octanol–water partition coefficient (Wildman–Crippen LogP) is 16.9. The highest BCUT2D eigenvalue weighted by atomic mass is 31.2. The van der Waals surface area contributed by atoms with Crippen LogP contribution in [0, 0.1) is 0 Å². The van der Waals surface area contributed by atoms with E-state index in [9.17, 15) is 28.9 Å². The number of carbonyl (C=O) groups is 3. The van der Waals surface area contributed by atoms with Gasteiger partial charge in [-0.25, -0.2) is 4.57 Å². The van der Waals surface area contributed by atoms with E-state index in [-0.39, 0.29) is 25.9 Å². The molecule has 0 aliphatic carbocycles. The van der Waals surface area contributed by atoms with Gasteiger partial charge in [0.25, 0.3) is 0 Å². The zero-order chi connectivity index (χ0) is 55.5. The van der Waals surface area contributed by atoms with E-state index in [0.717, 1.165) is 122 Å². The summed E-state index contributed by atoms with van der Waals surface area (Å²) >= 11 is 0. The van der Waals surface area contributed by atoms with E-state index in [1.54, 1.807) is 0 Å². The van der Waals surface area contributed by atoms with E-state index in [2.05, 4.69) is 167 Å². The summed E-state index contributed by atoms with van der Waals surface area (Å²) in [6.07, 6.45) is 73.6. The molecule has 0 aromatic heterocycles. The van der Waals surface area contributed by atoms with Gasteiger partial charge in [-0.05, 0) is 135 Å². The second-order valence-electron chi connectivity index (χ2n) is 18.0. The Bertz CT molecular complexity index is 1880. The van der Waals surface area contributed by atoms with Crippen LogP contribution in [0.5, 0.6) is 0 Å². The lowest BCUT2D eigenvalue weighted by Crippen LogP contribution is -2.30. The van der Waals surface area contributed by atoms with Crippen molar-refractivity contribution in [1.29, 1.82) is 0 Å². The van der Waals surface area contributed by atoms with Gasteiger partial charge in [0, 0.05) is 19.3 Å². The number of esters is 3. The number of ether oxygens (including phenoxy) is 3. The number of allylic oxidation sites excluding steroid dienone is 26. The monoisotopic (exact) mass is 1070 g/mol. The van der Waals surface area contributed by atoms with Crippen LogP contribution in [0.25, 0.3) is 0 Å². The molecular formula is C64H99O11P. The Kier molecular flexibility index (Phi) is 52.7. The van der Waals surface area contributed by atoms with Gasteiger partial charge in [0.2, 0.25) is 0 Å². The number of hydrogen-bond acceptors (Lipinski definition) is 10. The minimum absolute atomic E-state index is 0.0694. The first-order valence-corrected chi connectivity index (χ1v) is 29.9. The third-order valence-electron chi connectivity index (χ3n) is 10.9. The minimum Gasteiger partial charge on any atom is -0.462 e. The molecule has 2 N–H and O–H groups in total. The maximum Gasteiger partial charge on any atom is 0.472 e. The van der Waals surface area contributed by atoms with Crippen LogP contribution in [0.4, 0.5) is 0 Å². The second kappa shape index (κ2) is 56.3. The predicted molar refractivity (Wildman–Crippen MR) is 315 cm³/mol. The van der Waals surface area contributed by atoms with Gasteiger partial charge in [-0.1, -0.05) is 192 Å². The van der Waals surface area contributed by atoms with Crippen molar-refractivity contribution in [1.82, 2.24) is 0 Å². The van der Waals surface area contributed by atoms with Crippen molar-refractivity contribution >= 4 is 25.7 Å². The molecule has 0 radical (unpaired) electrons. The van der Waals surface area contributed by atoms with Crippen molar-refractivity contribution in [3.05, 3.63) is 158 Å². The molecular weight excluding hydrogens is 976 g/mol. The molecule has 0 amide bonds. The molecule has 0 bridgehead atoms. The van der Waals surface area contributed by atoms with Crippen LogP contribution in [0.2, 0.25) is 0 Å². The van der Waals surface area contributed by atoms with E-state index in [0.29, 0.717) is 25.7 Å². The van der Waals surface area contributed by atoms with Crippen molar-refractivity contribution in [2.24, 2.45) is 0 Å². The van der Waals surface area contributed by atoms with Crippen molar-refractivity contribution in [3.63, 3.8) is 0 Å². The summed E-state index contributed by atoms with van der Waals surface area (Å²) in [6, 6.07) is 0. The standard InChI is InChI=1S/C64H99O11P/c1-4-7-10-13-16-19-22-25-27-29-30-32-33-36-38-41-44-47-50-53-62(66)71-57-61(75-64(68)55-52-49-46-43-40-37-34-31-28-26-23-20-17-14-11-8-5-2)59-73-76(69,70)72-58-60(56-65)74-63(67)54-51-48-45-42-39-35-24-21-18-15-12-9-6-3/h7-12,16-21,25-28,30,32,34-39,43,46,60-61,65H,4-6,13-15,22-24,29,31,33,40-42,44-45,47-59H2,1-3H3,(H,69,70)/b10-7-,11-8-,12-9-,19-16-,20-17-,21-18-,27-25-,28-26-,32-30-,37-34-,38-36-,39-35-,46-43-. The molecule has 11 nitrogen and oxygen atoms in total. The van der Waals surface area contributed by atoms with E-state index in [4.69, 9.17) is 23.3 Å². The smallest absolute Gasteiger partial charge is 0.462 e. The van der Waals surface area contributed by atoms with Crippen LogP contribution < -0.4 is 0 Å². The summed E-state index contributed by atoms with van der Waals surface area (Å²) in [6.45, 7) is 4.13. The number of aliphatic hydroxyl groups is 1. The van der Waals surface area contributed by atoms with E-state index in [1.165, 1.54) is 0 Å². The Labute approximate surface area is 460 Å². The Hall–Kier alpha value is -4.90. The molecule has 0 aliphatic rings. The number of carbonyl (C=O) groups excluding carboxylic acids is 3. The average Bonchev–Trinajstić information content (AvgIpc) is 3.41. The molecule has 3 atom stereocenters. The Morgan fingerprint density at radius 3 is 1.01 bits per heavy atom. The number of phosphoric acid groups is 1. The Morgan fingerprint density at radius 1 is 0.368 bits per heavy atom. The van der Waals surface area contributed by atoms with Gasteiger partial charge in [-0.2, -0.15) is 0 Å². The van der Waals surface area contributed by atoms with Gasteiger partial charge in [-0.3, -0.25) is 23.4 Å². The van der Waals surface area contributed by atoms with Gasteiger partial charge >= 0.3 is 25.7 Å². The molecule has 0 saturated heterocycles. The van der Waals surface area contributed by atoms with Crippen LogP contribution >= 0.6 is 7.82 Å². The molecule has 0 aromatic rings. The number of aliphatic hydroxyl groups excluding tert-OH is 1. The Morgan fingerprint density at radius 2 is 0.658 bits per heavy atom. The van der Waals surface area contributed by atoms with Gasteiger partial charge in [0.1, 0.15) is 12.7 Å². The lowest BCUT2D eigenvalue weighted by molar-refractivity contribution is -0.161. The largest absolute Gasteiger partial charge is 0.472 e. The highest BCUT2D eigenvalue weighted by molar-refractivity contribution is 7.47. The summed E-state index contributed by atoms with van der Waals surface area (Å²) in [5.74, 6) is -1.63. The molecule has 426 valence electrons. The van der Waals surface area contributed by atoms with Crippen molar-refractivity contribution in [2.45, 2.75) is 200 Å². The third-order valence-corrected chi connectivity index (χ3v) is 11.9. The summed E-state index contributed by atoms with van der Waals surface area (Å²) in [7, 11) is -4.79. The minimum atomic E-state index is -4.79. The van der Waals surface area contributed by atoms with Crippen molar-refractivity contribution < 1.29 is 52.2 Å². The summed E-state index contributed by atoms with van der Waals surface area (Å²) in [5.41, 5.74) is 0. The molecule has 76 heavy (non-hydrogen) atoms. The molecule has 0 spiro atoms. The first-order valence-electron chi connectivity index (χ1n) is 28.4. The molecule has 12 heteroatoms. The maximum atomic E-state index is 12.9. The zero-order valence-electron chi connectivity index (χ0n) is 46.9. The zero-order valence-corrected chi connectivity index (χ0v) is 47.8. The molecule has 0 fully saturated rings. The highest BCUT2D eigenvalue weighted by Gasteiger charge is 2.28. The fourth-order valence-electron chi connectivity index (χ4n) is 6.72. The maximum absolute atomic E-state index is 12.9. The lowest BCUT2D eigenvalue weighted by atomic mass is 10.1. The average molecular weight is 1080 g/mol. The summed E-state index contributed by atoms with van der Waals surface area (Å²) in [4.78, 5) is 48.5. The first kappa shape index (κ1) is 71.1. The Balaban J connectivity index is 4.93. The molecule has 0 saturated carbocycles. The molecule has 0 rings (SSSR count). The van der Waals surface area contributed by atoms with E-state index < -0.39 is 57.8 Å². The van der Waals surface area contributed by atoms with Gasteiger partial charge < -0.3 is 24.2 Å². The number of hydrogen-bond donors (Lipinski definition) is 2. The van der Waals surface area contributed by atoms with Gasteiger partial charge in [-0.15, -0.1) is 0 Å². The highest BCUT2D eigenvalue weighted by Crippen LogP contribution is 2.43. The van der Waals surface area contributed by atoms with Gasteiger partial charge in [0.05, 0.1) is 19.8 Å². The number of unbranched alkanes of at least 4 members (excludes halogenated alkanes) is 7. The summed E-state index contributed by atoms with van der Waals surface area (Å²) in [5, 5.41) is 9.80. The second-order valence-corrected chi connectivity index (χ2v) is 19.4. The van der Waals surface area contributed by atoms with Crippen LogP contribution in [-0.2, 0) is 42.2 Å². The van der Waals surface area contributed by atoms with Crippen LogP contribution in [0.3, 0.4) is 0 Å². The van der Waals surface area contributed by atoms with E-state index >= 15 is 0 Å². The lowest BCUT2D eigenvalue weighted by Gasteiger charge is -2.21. The molecule has 0 aromatic carbocycles. The third kappa shape index (κ3) is 53.9. The summed E-state index contributed by atoms with van der Waals surface area (Å²) < 4.78 is 39.4. The first-order chi connectivity index (χ1) is 37.2. The fraction of sp³-hybridized carbons (Fsp3) is 0.547. The normalized spacial score (nSPS) is 14.5. The topological polar surface area (TPSA) is 155 Å².